The zero-order valence-corrected chi connectivity index (χ0v) is 11.8. The Labute approximate surface area is 117 Å². The summed E-state index contributed by atoms with van der Waals surface area (Å²) >= 11 is 0. The van der Waals surface area contributed by atoms with Crippen LogP contribution in [0.25, 0.3) is 0 Å². The van der Waals surface area contributed by atoms with E-state index in [2.05, 4.69) is 19.2 Å². The third kappa shape index (κ3) is 3.38. The molecule has 1 aliphatic rings. The quantitative estimate of drug-likeness (QED) is 0.784. The van der Waals surface area contributed by atoms with Gasteiger partial charge in [0, 0.05) is 17.4 Å². The van der Waals surface area contributed by atoms with Gasteiger partial charge in [-0.3, -0.25) is 0 Å². The van der Waals surface area contributed by atoms with Crippen LogP contribution in [-0.2, 0) is 6.18 Å². The fraction of sp³-hybridized carbons (Fsp3) is 0.600. The fourth-order valence-electron chi connectivity index (χ4n) is 3.00. The van der Waals surface area contributed by atoms with Crippen LogP contribution < -0.4 is 11.1 Å². The molecule has 0 heterocycles. The molecule has 112 valence electrons. The van der Waals surface area contributed by atoms with Crippen molar-refractivity contribution in [3.63, 3.8) is 0 Å². The van der Waals surface area contributed by atoms with E-state index < -0.39 is 11.7 Å². The SMILES string of the molecule is CC1CCC(Nc2ccc(N)cc2C(F)(F)F)C(C)C1. The minimum absolute atomic E-state index is 0.0934. The number of hydrogen-bond acceptors (Lipinski definition) is 2. The van der Waals surface area contributed by atoms with Gasteiger partial charge in [0.05, 0.1) is 5.56 Å². The maximum atomic E-state index is 13.0. The third-order valence-corrected chi connectivity index (χ3v) is 4.12. The van der Waals surface area contributed by atoms with Gasteiger partial charge >= 0.3 is 6.18 Å². The van der Waals surface area contributed by atoms with Crippen LogP contribution in [0.15, 0.2) is 18.2 Å². The molecule has 2 nitrogen and oxygen atoms in total. The molecule has 0 bridgehead atoms. The Hall–Kier alpha value is -1.39. The van der Waals surface area contributed by atoms with Crippen molar-refractivity contribution in [2.24, 2.45) is 11.8 Å². The van der Waals surface area contributed by atoms with Crippen LogP contribution in [0.1, 0.15) is 38.7 Å². The fourth-order valence-corrected chi connectivity index (χ4v) is 3.00. The van der Waals surface area contributed by atoms with Crippen LogP contribution in [0, 0.1) is 11.8 Å². The Kier molecular flexibility index (Phi) is 4.16. The molecule has 1 aromatic rings. The van der Waals surface area contributed by atoms with Gasteiger partial charge in [-0.25, -0.2) is 0 Å². The van der Waals surface area contributed by atoms with Gasteiger partial charge in [0.15, 0.2) is 0 Å². The van der Waals surface area contributed by atoms with Crippen molar-refractivity contribution in [3.05, 3.63) is 23.8 Å². The number of anilines is 2. The number of nitrogens with two attached hydrogens (primary N) is 1. The molecule has 0 amide bonds. The van der Waals surface area contributed by atoms with Crippen molar-refractivity contribution in [3.8, 4) is 0 Å². The molecule has 0 saturated heterocycles. The third-order valence-electron chi connectivity index (χ3n) is 4.12. The Morgan fingerprint density at radius 1 is 1.20 bits per heavy atom. The molecule has 0 spiro atoms. The van der Waals surface area contributed by atoms with Crippen molar-refractivity contribution < 1.29 is 13.2 Å². The van der Waals surface area contributed by atoms with E-state index in [1.165, 1.54) is 12.1 Å². The van der Waals surface area contributed by atoms with Crippen LogP contribution in [0.2, 0.25) is 0 Å². The minimum atomic E-state index is -4.39. The average Bonchev–Trinajstić information content (AvgIpc) is 2.33. The number of halogens is 3. The topological polar surface area (TPSA) is 38.0 Å². The largest absolute Gasteiger partial charge is 0.418 e. The second kappa shape index (κ2) is 5.54. The maximum Gasteiger partial charge on any atom is 0.418 e. The van der Waals surface area contributed by atoms with E-state index in [-0.39, 0.29) is 17.4 Å². The van der Waals surface area contributed by atoms with Crippen molar-refractivity contribution in [2.45, 2.75) is 45.3 Å². The molecule has 0 radical (unpaired) electrons. The van der Waals surface area contributed by atoms with Gasteiger partial charge in [-0.05, 0) is 49.3 Å². The molecular formula is C15H21F3N2. The second-order valence-electron chi connectivity index (χ2n) is 5.95. The molecule has 20 heavy (non-hydrogen) atoms. The monoisotopic (exact) mass is 286 g/mol. The predicted molar refractivity (Wildman–Crippen MR) is 75.4 cm³/mol. The van der Waals surface area contributed by atoms with E-state index in [0.717, 1.165) is 25.3 Å². The first-order valence-electron chi connectivity index (χ1n) is 7.00. The van der Waals surface area contributed by atoms with Gasteiger partial charge in [0.25, 0.3) is 0 Å². The number of alkyl halides is 3. The highest BCUT2D eigenvalue weighted by Crippen LogP contribution is 2.38. The smallest absolute Gasteiger partial charge is 0.399 e. The summed E-state index contributed by atoms with van der Waals surface area (Å²) in [6.07, 6.45) is -1.38. The molecule has 1 saturated carbocycles. The van der Waals surface area contributed by atoms with E-state index >= 15 is 0 Å². The van der Waals surface area contributed by atoms with Crippen molar-refractivity contribution in [2.75, 3.05) is 11.1 Å². The van der Waals surface area contributed by atoms with E-state index in [9.17, 15) is 13.2 Å². The summed E-state index contributed by atoms with van der Waals surface area (Å²) in [6.45, 7) is 4.29. The Morgan fingerprint density at radius 3 is 2.50 bits per heavy atom. The molecule has 3 unspecified atom stereocenters. The van der Waals surface area contributed by atoms with Crippen LogP contribution in [0.3, 0.4) is 0 Å². The summed E-state index contributed by atoms with van der Waals surface area (Å²) in [5.41, 5.74) is 5.07. The molecule has 1 aromatic carbocycles. The van der Waals surface area contributed by atoms with Crippen molar-refractivity contribution in [1.29, 1.82) is 0 Å². The molecule has 0 aromatic heterocycles. The highest BCUT2D eigenvalue weighted by atomic mass is 19.4. The van der Waals surface area contributed by atoms with E-state index in [0.29, 0.717) is 11.8 Å². The summed E-state index contributed by atoms with van der Waals surface area (Å²) in [5, 5.41) is 3.08. The summed E-state index contributed by atoms with van der Waals surface area (Å²) in [7, 11) is 0. The highest BCUT2D eigenvalue weighted by molar-refractivity contribution is 5.59. The molecule has 3 atom stereocenters. The summed E-state index contributed by atoms with van der Waals surface area (Å²) < 4.78 is 39.1. The van der Waals surface area contributed by atoms with E-state index in [1.54, 1.807) is 0 Å². The zero-order chi connectivity index (χ0) is 14.9. The van der Waals surface area contributed by atoms with Gasteiger partial charge in [-0.15, -0.1) is 0 Å². The van der Waals surface area contributed by atoms with Gasteiger partial charge in [0.1, 0.15) is 0 Å². The summed E-state index contributed by atoms with van der Waals surface area (Å²) in [4.78, 5) is 0. The lowest BCUT2D eigenvalue weighted by atomic mass is 9.79. The van der Waals surface area contributed by atoms with Crippen LogP contribution in [-0.4, -0.2) is 6.04 Å². The van der Waals surface area contributed by atoms with Gasteiger partial charge in [0.2, 0.25) is 0 Å². The number of hydrogen-bond donors (Lipinski definition) is 2. The lowest BCUT2D eigenvalue weighted by molar-refractivity contribution is -0.136. The molecule has 1 aliphatic carbocycles. The first-order valence-corrected chi connectivity index (χ1v) is 7.00. The van der Waals surface area contributed by atoms with Crippen LogP contribution in [0.5, 0.6) is 0 Å². The van der Waals surface area contributed by atoms with Crippen LogP contribution in [0.4, 0.5) is 24.5 Å². The minimum Gasteiger partial charge on any atom is -0.399 e. The molecule has 3 N–H and O–H groups in total. The number of nitrogen functional groups attached to an aromatic ring is 1. The lowest BCUT2D eigenvalue weighted by Gasteiger charge is -2.34. The normalized spacial score (nSPS) is 27.4. The lowest BCUT2D eigenvalue weighted by Crippen LogP contribution is -2.33. The molecular weight excluding hydrogens is 265 g/mol. The number of benzene rings is 1. The Bertz CT molecular complexity index is 471. The average molecular weight is 286 g/mol. The first kappa shape index (κ1) is 15.0. The summed E-state index contributed by atoms with van der Waals surface area (Å²) in [5.74, 6) is 1.02. The Morgan fingerprint density at radius 2 is 1.90 bits per heavy atom. The zero-order valence-electron chi connectivity index (χ0n) is 11.8. The predicted octanol–water partition coefficient (Wildman–Crippen LogP) is 4.52. The standard InChI is InChI=1S/C15H21F3N2/c1-9-3-5-13(10(2)7-9)20-14-6-4-11(19)8-12(14)15(16,17)18/h4,6,8-10,13,20H,3,5,7,19H2,1-2H3. The molecule has 0 aliphatic heterocycles. The summed E-state index contributed by atoms with van der Waals surface area (Å²) in [6, 6.07) is 4.03. The molecule has 2 rings (SSSR count). The van der Waals surface area contributed by atoms with Crippen molar-refractivity contribution in [1.82, 2.24) is 0 Å². The van der Waals surface area contributed by atoms with Crippen LogP contribution >= 0.6 is 0 Å². The number of nitrogens with one attached hydrogen (secondary N) is 1. The molecule has 1 fully saturated rings. The van der Waals surface area contributed by atoms with E-state index in [4.69, 9.17) is 5.73 Å². The maximum absolute atomic E-state index is 13.0. The van der Waals surface area contributed by atoms with E-state index in [1.807, 2.05) is 0 Å². The molecule has 5 heteroatoms. The first-order chi connectivity index (χ1) is 9.27. The highest BCUT2D eigenvalue weighted by Gasteiger charge is 2.35. The van der Waals surface area contributed by atoms with Gasteiger partial charge < -0.3 is 11.1 Å². The Balaban J connectivity index is 2.21. The van der Waals surface area contributed by atoms with Gasteiger partial charge in [-0.1, -0.05) is 13.8 Å². The number of rotatable bonds is 2. The van der Waals surface area contributed by atoms with Crippen molar-refractivity contribution >= 4 is 11.4 Å². The van der Waals surface area contributed by atoms with Gasteiger partial charge in [-0.2, -0.15) is 13.2 Å². The second-order valence-corrected chi connectivity index (χ2v) is 5.95.